The van der Waals surface area contributed by atoms with Crippen molar-refractivity contribution in [1.29, 1.82) is 0 Å². The molecule has 2 heterocycles. The van der Waals surface area contributed by atoms with Gasteiger partial charge >= 0.3 is 5.97 Å². The van der Waals surface area contributed by atoms with Crippen molar-refractivity contribution in [1.82, 2.24) is 19.7 Å². The molecule has 0 saturated carbocycles. The number of hydrogen-bond donors (Lipinski definition) is 0. The van der Waals surface area contributed by atoms with E-state index in [-0.39, 0.29) is 12.5 Å². The second-order valence-electron chi connectivity index (χ2n) is 8.08. The molecule has 0 aliphatic rings. The quantitative estimate of drug-likeness (QED) is 0.212. The van der Waals surface area contributed by atoms with Gasteiger partial charge in [0.05, 0.1) is 16.6 Å². The summed E-state index contributed by atoms with van der Waals surface area (Å²) in [6.07, 6.45) is 1.70. The minimum absolute atomic E-state index is 0.138. The first-order chi connectivity index (χ1) is 17.5. The fraction of sp³-hybridized carbons (Fsp3) is 0.0370. The van der Waals surface area contributed by atoms with Gasteiger partial charge in [-0.15, -0.1) is 10.2 Å². The van der Waals surface area contributed by atoms with Crippen molar-refractivity contribution in [2.24, 2.45) is 0 Å². The predicted molar refractivity (Wildman–Crippen MR) is 140 cm³/mol. The van der Waals surface area contributed by atoms with Crippen molar-refractivity contribution in [3.05, 3.63) is 106 Å². The highest BCUT2D eigenvalue weighted by Gasteiger charge is 2.15. The van der Waals surface area contributed by atoms with Crippen LogP contribution in [-0.2, 0) is 11.3 Å². The third-order valence-corrected chi connectivity index (χ3v) is 6.48. The van der Waals surface area contributed by atoms with Crippen molar-refractivity contribution >= 4 is 55.3 Å². The van der Waals surface area contributed by atoms with Gasteiger partial charge in [0.15, 0.2) is 6.61 Å². The van der Waals surface area contributed by atoms with Crippen molar-refractivity contribution in [3.8, 4) is 17.1 Å². The molecule has 0 radical (unpaired) electrons. The minimum Gasteiger partial charge on any atom is -0.452 e. The lowest BCUT2D eigenvalue weighted by Crippen LogP contribution is -2.05. The highest BCUT2D eigenvalue weighted by molar-refractivity contribution is 9.10. The lowest BCUT2D eigenvalue weighted by molar-refractivity contribution is 0.0439. The predicted octanol–water partition coefficient (Wildman–Crippen LogP) is 7.00. The van der Waals surface area contributed by atoms with Gasteiger partial charge in [-0.2, -0.15) is 0 Å². The average Bonchev–Trinajstić information content (AvgIpc) is 3.54. The smallest absolute Gasteiger partial charge is 0.338 e. The van der Waals surface area contributed by atoms with Gasteiger partial charge in [0.1, 0.15) is 6.33 Å². The van der Waals surface area contributed by atoms with E-state index in [9.17, 15) is 4.79 Å². The SMILES string of the molecule is O=C(OCc1nnc(-c2ccc3cc(Br)ccc3c2)o1)c1ccc2ncn(-c3ccc(Cl)cc3)c2c1. The van der Waals surface area contributed by atoms with Gasteiger partial charge in [-0.1, -0.05) is 39.7 Å². The summed E-state index contributed by atoms with van der Waals surface area (Å²) in [5.41, 5.74) is 3.59. The molecule has 0 spiro atoms. The first kappa shape index (κ1) is 22.5. The van der Waals surface area contributed by atoms with Gasteiger partial charge in [0.2, 0.25) is 5.89 Å². The van der Waals surface area contributed by atoms with Crippen LogP contribution < -0.4 is 0 Å². The normalized spacial score (nSPS) is 11.3. The molecular formula is C27H16BrClN4O3. The number of ether oxygens (including phenoxy) is 1. The van der Waals surface area contributed by atoms with Gasteiger partial charge < -0.3 is 9.15 Å². The molecule has 0 saturated heterocycles. The van der Waals surface area contributed by atoms with E-state index in [1.165, 1.54) is 0 Å². The standard InChI is InChI=1S/C27H16BrClN4O3/c28-20-5-3-16-11-18(2-1-17(16)12-20)26-32-31-25(36-26)14-35-27(34)19-4-10-23-24(13-19)33(15-30-23)22-8-6-21(29)7-9-22/h1-13,15H,14H2. The molecular weight excluding hydrogens is 544 g/mol. The van der Waals surface area contributed by atoms with Gasteiger partial charge in [-0.3, -0.25) is 4.57 Å². The Kier molecular flexibility index (Phi) is 5.75. The number of carbonyl (C=O) groups is 1. The maximum Gasteiger partial charge on any atom is 0.338 e. The summed E-state index contributed by atoms with van der Waals surface area (Å²) in [5, 5.41) is 10.9. The number of hydrogen-bond acceptors (Lipinski definition) is 6. The zero-order valence-electron chi connectivity index (χ0n) is 18.6. The van der Waals surface area contributed by atoms with Crippen LogP contribution in [0.25, 0.3) is 38.9 Å². The first-order valence-electron chi connectivity index (χ1n) is 11.0. The summed E-state index contributed by atoms with van der Waals surface area (Å²) in [6.45, 7) is -0.138. The molecule has 0 atom stereocenters. The third-order valence-electron chi connectivity index (χ3n) is 5.73. The Labute approximate surface area is 218 Å². The van der Waals surface area contributed by atoms with Crippen molar-refractivity contribution in [2.75, 3.05) is 0 Å². The van der Waals surface area contributed by atoms with Crippen LogP contribution in [-0.4, -0.2) is 25.7 Å². The van der Waals surface area contributed by atoms with E-state index in [1.54, 1.807) is 36.7 Å². The number of imidazole rings is 1. The number of aromatic nitrogens is 4. The molecule has 0 amide bonds. The van der Waals surface area contributed by atoms with Crippen LogP contribution >= 0.6 is 27.5 Å². The van der Waals surface area contributed by atoms with Gasteiger partial charge in [-0.25, -0.2) is 9.78 Å². The Morgan fingerprint density at radius 2 is 1.75 bits per heavy atom. The molecule has 6 aromatic rings. The molecule has 0 N–H and O–H groups in total. The van der Waals surface area contributed by atoms with Crippen LogP contribution in [0.1, 0.15) is 16.2 Å². The third kappa shape index (κ3) is 4.36. The van der Waals surface area contributed by atoms with Crippen LogP contribution in [0.3, 0.4) is 0 Å². The molecule has 9 heteroatoms. The van der Waals surface area contributed by atoms with E-state index >= 15 is 0 Å². The van der Waals surface area contributed by atoms with Crippen molar-refractivity contribution in [3.63, 3.8) is 0 Å². The summed E-state index contributed by atoms with van der Waals surface area (Å²) in [4.78, 5) is 17.2. The Morgan fingerprint density at radius 1 is 0.944 bits per heavy atom. The molecule has 4 aromatic carbocycles. The van der Waals surface area contributed by atoms with Gasteiger partial charge in [-0.05, 0) is 77.5 Å². The molecule has 0 aliphatic heterocycles. The molecule has 0 unspecified atom stereocenters. The highest BCUT2D eigenvalue weighted by Crippen LogP contribution is 2.26. The van der Waals surface area contributed by atoms with E-state index in [0.29, 0.717) is 16.5 Å². The number of fused-ring (bicyclic) bond motifs is 2. The van der Waals surface area contributed by atoms with Crippen molar-refractivity contribution < 1.29 is 13.9 Å². The summed E-state index contributed by atoms with van der Waals surface area (Å²) in [6, 6.07) is 24.5. The first-order valence-corrected chi connectivity index (χ1v) is 12.1. The van der Waals surface area contributed by atoms with E-state index in [4.69, 9.17) is 20.8 Å². The lowest BCUT2D eigenvalue weighted by atomic mass is 10.1. The van der Waals surface area contributed by atoms with Crippen LogP contribution in [0.15, 0.2) is 94.1 Å². The minimum atomic E-state index is -0.503. The lowest BCUT2D eigenvalue weighted by Gasteiger charge is -2.06. The van der Waals surface area contributed by atoms with E-state index in [1.807, 2.05) is 53.1 Å². The second-order valence-corrected chi connectivity index (χ2v) is 9.43. The Hall–Kier alpha value is -4.01. The molecule has 2 aromatic heterocycles. The molecule has 6 rings (SSSR count). The molecule has 0 bridgehead atoms. The van der Waals surface area contributed by atoms with Crippen LogP contribution in [0.4, 0.5) is 0 Å². The van der Waals surface area contributed by atoms with Crippen LogP contribution in [0, 0.1) is 0 Å². The summed E-state index contributed by atoms with van der Waals surface area (Å²) in [5.74, 6) is 0.0671. The monoisotopic (exact) mass is 558 g/mol. The molecule has 176 valence electrons. The number of esters is 1. The van der Waals surface area contributed by atoms with Crippen molar-refractivity contribution in [2.45, 2.75) is 6.61 Å². The number of carbonyl (C=O) groups excluding carboxylic acids is 1. The summed E-state index contributed by atoms with van der Waals surface area (Å²) >= 11 is 9.48. The average molecular weight is 560 g/mol. The number of nitrogens with zero attached hydrogens (tertiary/aromatic N) is 4. The topological polar surface area (TPSA) is 83.0 Å². The number of halogens is 2. The Morgan fingerprint density at radius 3 is 2.61 bits per heavy atom. The molecule has 36 heavy (non-hydrogen) atoms. The number of rotatable bonds is 5. The van der Waals surface area contributed by atoms with E-state index < -0.39 is 5.97 Å². The zero-order chi connectivity index (χ0) is 24.6. The maximum atomic E-state index is 12.8. The number of benzene rings is 4. The molecule has 0 aliphatic carbocycles. The summed E-state index contributed by atoms with van der Waals surface area (Å²) < 4.78 is 14.1. The molecule has 7 nitrogen and oxygen atoms in total. The van der Waals surface area contributed by atoms with E-state index in [0.717, 1.165) is 37.5 Å². The maximum absolute atomic E-state index is 12.8. The Bertz CT molecular complexity index is 1740. The van der Waals surface area contributed by atoms with Crippen LogP contribution in [0.2, 0.25) is 5.02 Å². The second kappa shape index (κ2) is 9.22. The largest absolute Gasteiger partial charge is 0.452 e. The van der Waals surface area contributed by atoms with E-state index in [2.05, 4.69) is 31.1 Å². The van der Waals surface area contributed by atoms with Gasteiger partial charge in [0, 0.05) is 20.7 Å². The molecule has 0 fully saturated rings. The summed E-state index contributed by atoms with van der Waals surface area (Å²) in [7, 11) is 0. The Balaban J connectivity index is 1.18. The zero-order valence-corrected chi connectivity index (χ0v) is 20.9. The fourth-order valence-electron chi connectivity index (χ4n) is 3.93. The van der Waals surface area contributed by atoms with Crippen LogP contribution in [0.5, 0.6) is 0 Å². The highest BCUT2D eigenvalue weighted by atomic mass is 79.9. The fourth-order valence-corrected chi connectivity index (χ4v) is 4.44. The van der Waals surface area contributed by atoms with Gasteiger partial charge in [0.25, 0.3) is 5.89 Å².